The highest BCUT2D eigenvalue weighted by Crippen LogP contribution is 2.22. The maximum atomic E-state index is 12.9. The number of esters is 1. The van der Waals surface area contributed by atoms with Crippen molar-refractivity contribution in [1.29, 1.82) is 0 Å². The molecule has 0 radical (unpaired) electrons. The van der Waals surface area contributed by atoms with Gasteiger partial charge in [-0.1, -0.05) is 23.5 Å². The second-order valence-electron chi connectivity index (χ2n) is 6.25. The molecular formula is C22H24N2O4S2. The lowest BCUT2D eigenvalue weighted by atomic mass is 10.2. The van der Waals surface area contributed by atoms with Crippen molar-refractivity contribution in [2.24, 2.45) is 4.99 Å². The van der Waals surface area contributed by atoms with E-state index >= 15 is 0 Å². The summed E-state index contributed by atoms with van der Waals surface area (Å²) >= 11 is 2.89. The van der Waals surface area contributed by atoms with Crippen LogP contribution in [-0.2, 0) is 16.0 Å². The number of ether oxygens (including phenoxy) is 2. The van der Waals surface area contributed by atoms with Gasteiger partial charge < -0.3 is 14.0 Å². The topological polar surface area (TPSA) is 69.9 Å². The number of hydrogen-bond donors (Lipinski definition) is 0. The van der Waals surface area contributed by atoms with Gasteiger partial charge in [-0.15, -0.1) is 11.8 Å². The van der Waals surface area contributed by atoms with E-state index in [0.717, 1.165) is 15.1 Å². The summed E-state index contributed by atoms with van der Waals surface area (Å²) in [7, 11) is 0. The molecule has 2 aromatic carbocycles. The molecule has 0 saturated carbocycles. The zero-order valence-electron chi connectivity index (χ0n) is 17.2. The molecule has 0 bridgehead atoms. The SMILES string of the molecule is CCOCCn1c(=NC(=O)c2ccccc2SC)sc2cc(C(=O)OCC)ccc21. The Hall–Kier alpha value is -2.42. The maximum absolute atomic E-state index is 12.9. The molecular weight excluding hydrogens is 420 g/mol. The minimum atomic E-state index is -0.364. The van der Waals surface area contributed by atoms with E-state index in [9.17, 15) is 9.59 Å². The third kappa shape index (κ3) is 5.00. The molecule has 8 heteroatoms. The van der Waals surface area contributed by atoms with Gasteiger partial charge in [-0.25, -0.2) is 4.79 Å². The summed E-state index contributed by atoms with van der Waals surface area (Å²) in [5, 5.41) is 0. The van der Waals surface area contributed by atoms with Crippen molar-refractivity contribution in [2.45, 2.75) is 25.3 Å². The number of carbonyl (C=O) groups is 2. The van der Waals surface area contributed by atoms with Crippen molar-refractivity contribution in [3.63, 3.8) is 0 Å². The molecule has 3 rings (SSSR count). The van der Waals surface area contributed by atoms with E-state index in [-0.39, 0.29) is 11.9 Å². The van der Waals surface area contributed by atoms with Crippen LogP contribution >= 0.6 is 23.1 Å². The van der Waals surface area contributed by atoms with Crippen LogP contribution in [0.5, 0.6) is 0 Å². The first-order chi connectivity index (χ1) is 14.6. The Morgan fingerprint density at radius 3 is 2.67 bits per heavy atom. The Bertz CT molecular complexity index is 1120. The van der Waals surface area contributed by atoms with Crippen molar-refractivity contribution in [2.75, 3.05) is 26.1 Å². The summed E-state index contributed by atoms with van der Waals surface area (Å²) in [4.78, 5) is 30.9. The number of aromatic nitrogens is 1. The number of carbonyl (C=O) groups excluding carboxylic acids is 2. The number of thioether (sulfide) groups is 1. The van der Waals surface area contributed by atoms with Crippen molar-refractivity contribution in [1.82, 2.24) is 4.57 Å². The highest BCUT2D eigenvalue weighted by Gasteiger charge is 2.14. The fourth-order valence-electron chi connectivity index (χ4n) is 2.98. The summed E-state index contributed by atoms with van der Waals surface area (Å²) < 4.78 is 13.4. The largest absolute Gasteiger partial charge is 0.462 e. The van der Waals surface area contributed by atoms with E-state index < -0.39 is 0 Å². The van der Waals surface area contributed by atoms with Gasteiger partial charge >= 0.3 is 5.97 Å². The molecule has 30 heavy (non-hydrogen) atoms. The monoisotopic (exact) mass is 444 g/mol. The first-order valence-corrected chi connectivity index (χ1v) is 11.7. The minimum Gasteiger partial charge on any atom is -0.462 e. The first-order valence-electron chi connectivity index (χ1n) is 9.69. The molecule has 1 aromatic heterocycles. The predicted molar refractivity (Wildman–Crippen MR) is 120 cm³/mol. The van der Waals surface area contributed by atoms with Gasteiger partial charge in [0.05, 0.1) is 34.6 Å². The van der Waals surface area contributed by atoms with Gasteiger partial charge in [0.1, 0.15) is 0 Å². The number of hydrogen-bond acceptors (Lipinski definition) is 6. The number of nitrogens with zero attached hydrogens (tertiary/aromatic N) is 2. The fourth-order valence-corrected chi connectivity index (χ4v) is 4.67. The van der Waals surface area contributed by atoms with Crippen LogP contribution in [-0.4, -0.2) is 42.5 Å². The summed E-state index contributed by atoms with van der Waals surface area (Å²) in [6, 6.07) is 12.8. The first kappa shape index (κ1) is 22.3. The fraction of sp³-hybridized carbons (Fsp3) is 0.318. The van der Waals surface area contributed by atoms with Crippen LogP contribution in [0.3, 0.4) is 0 Å². The summed E-state index contributed by atoms with van der Waals surface area (Å²) in [5.41, 5.74) is 1.96. The molecule has 0 unspecified atom stereocenters. The van der Waals surface area contributed by atoms with E-state index in [1.807, 2.05) is 42.0 Å². The summed E-state index contributed by atoms with van der Waals surface area (Å²) in [5.74, 6) is -0.653. The van der Waals surface area contributed by atoms with Gasteiger partial charge in [-0.05, 0) is 50.4 Å². The Morgan fingerprint density at radius 2 is 1.93 bits per heavy atom. The molecule has 0 spiro atoms. The normalized spacial score (nSPS) is 11.8. The molecule has 158 valence electrons. The molecule has 1 amide bonds. The molecule has 0 aliphatic carbocycles. The summed E-state index contributed by atoms with van der Waals surface area (Å²) in [6.45, 7) is 5.71. The van der Waals surface area contributed by atoms with E-state index in [0.29, 0.717) is 42.3 Å². The predicted octanol–water partition coefficient (Wildman–Crippen LogP) is 4.38. The second kappa shape index (κ2) is 10.6. The number of benzene rings is 2. The van der Waals surface area contributed by atoms with E-state index in [2.05, 4.69) is 4.99 Å². The minimum absolute atomic E-state index is 0.290. The van der Waals surface area contributed by atoms with Gasteiger partial charge in [-0.3, -0.25) is 4.79 Å². The van der Waals surface area contributed by atoms with Crippen molar-refractivity contribution >= 4 is 45.2 Å². The molecule has 0 atom stereocenters. The number of amides is 1. The molecule has 0 aliphatic heterocycles. The molecule has 0 N–H and O–H groups in total. The lowest BCUT2D eigenvalue weighted by Gasteiger charge is -2.06. The third-order valence-corrected chi connectivity index (χ3v) is 6.23. The number of fused-ring (bicyclic) bond motifs is 1. The van der Waals surface area contributed by atoms with E-state index in [1.54, 1.807) is 25.1 Å². The average molecular weight is 445 g/mol. The molecule has 0 saturated heterocycles. The molecule has 3 aromatic rings. The lowest BCUT2D eigenvalue weighted by molar-refractivity contribution is 0.0526. The van der Waals surface area contributed by atoms with Crippen molar-refractivity contribution in [3.8, 4) is 0 Å². The Morgan fingerprint density at radius 1 is 1.13 bits per heavy atom. The van der Waals surface area contributed by atoms with Crippen molar-refractivity contribution in [3.05, 3.63) is 58.4 Å². The maximum Gasteiger partial charge on any atom is 0.338 e. The van der Waals surface area contributed by atoms with E-state index in [4.69, 9.17) is 9.47 Å². The van der Waals surface area contributed by atoms with Crippen LogP contribution in [0.4, 0.5) is 0 Å². The van der Waals surface area contributed by atoms with Gasteiger partial charge in [0, 0.05) is 18.0 Å². The second-order valence-corrected chi connectivity index (χ2v) is 8.11. The zero-order chi connectivity index (χ0) is 21.5. The molecule has 0 aliphatic rings. The van der Waals surface area contributed by atoms with Gasteiger partial charge in [0.25, 0.3) is 5.91 Å². The Balaban J connectivity index is 2.08. The highest BCUT2D eigenvalue weighted by atomic mass is 32.2. The van der Waals surface area contributed by atoms with Crippen LogP contribution < -0.4 is 4.80 Å². The third-order valence-electron chi connectivity index (χ3n) is 4.39. The van der Waals surface area contributed by atoms with Gasteiger partial charge in [0.15, 0.2) is 4.80 Å². The van der Waals surface area contributed by atoms with Gasteiger partial charge in [0.2, 0.25) is 0 Å². The zero-order valence-corrected chi connectivity index (χ0v) is 18.8. The molecule has 6 nitrogen and oxygen atoms in total. The standard InChI is InChI=1S/C22H24N2O4S2/c1-4-27-13-12-24-17-11-10-15(21(26)28-5-2)14-19(17)30-22(24)23-20(25)16-8-6-7-9-18(16)29-3/h6-11,14H,4-5,12-13H2,1-3H3. The number of thiazole rings is 1. The quantitative estimate of drug-likeness (QED) is 0.293. The van der Waals surface area contributed by atoms with Crippen LogP contribution in [0.2, 0.25) is 0 Å². The van der Waals surface area contributed by atoms with Gasteiger partial charge in [-0.2, -0.15) is 4.99 Å². The number of rotatable bonds is 8. The summed E-state index contributed by atoms with van der Waals surface area (Å²) in [6.07, 6.45) is 1.94. The van der Waals surface area contributed by atoms with E-state index in [1.165, 1.54) is 23.1 Å². The molecule has 0 fully saturated rings. The van der Waals surface area contributed by atoms with Crippen LogP contribution in [0.15, 0.2) is 52.4 Å². The molecule has 1 heterocycles. The highest BCUT2D eigenvalue weighted by molar-refractivity contribution is 7.98. The average Bonchev–Trinajstić information content (AvgIpc) is 3.10. The Kier molecular flexibility index (Phi) is 7.84. The van der Waals surface area contributed by atoms with Crippen molar-refractivity contribution < 1.29 is 19.1 Å². The van der Waals surface area contributed by atoms with Crippen LogP contribution in [0, 0.1) is 0 Å². The lowest BCUT2D eigenvalue weighted by Crippen LogP contribution is -2.20. The Labute approximate surface area is 183 Å². The van der Waals surface area contributed by atoms with Crippen LogP contribution in [0.25, 0.3) is 10.2 Å². The van der Waals surface area contributed by atoms with Crippen LogP contribution in [0.1, 0.15) is 34.6 Å². The smallest absolute Gasteiger partial charge is 0.338 e.